The van der Waals surface area contributed by atoms with Crippen molar-refractivity contribution in [3.63, 3.8) is 0 Å². The maximum Gasteiger partial charge on any atom is -0.00561 e. The summed E-state index contributed by atoms with van der Waals surface area (Å²) in [5.74, 6) is 0.608. The summed E-state index contributed by atoms with van der Waals surface area (Å²) in [6.07, 6.45) is 15.9. The van der Waals surface area contributed by atoms with Crippen LogP contribution in [0.5, 0.6) is 0 Å². The first-order valence-electron chi connectivity index (χ1n) is 5.77. The van der Waals surface area contributed by atoms with Crippen molar-refractivity contribution in [3.05, 3.63) is 38.2 Å². The second-order valence-corrected chi connectivity index (χ2v) is 3.57. The van der Waals surface area contributed by atoms with Gasteiger partial charge < -0.3 is 0 Å². The van der Waals surface area contributed by atoms with Gasteiger partial charge in [0.05, 0.1) is 0 Å². The zero-order chi connectivity index (χ0) is 10.6. The van der Waals surface area contributed by atoms with E-state index < -0.39 is 0 Å². The maximum atomic E-state index is 3.83. The molecule has 0 aliphatic rings. The van der Waals surface area contributed by atoms with Crippen molar-refractivity contribution in [2.24, 2.45) is 5.92 Å². The van der Waals surface area contributed by atoms with Crippen molar-refractivity contribution in [2.75, 3.05) is 0 Å². The van der Waals surface area contributed by atoms with Crippen LogP contribution in [-0.4, -0.2) is 0 Å². The van der Waals surface area contributed by atoms with Crippen molar-refractivity contribution in [1.82, 2.24) is 0 Å². The number of unbranched alkanes of at least 4 members (excludes halogenated alkanes) is 3. The van der Waals surface area contributed by atoms with E-state index in [1.54, 1.807) is 0 Å². The largest absolute Gasteiger partial charge is 0.0879 e. The van der Waals surface area contributed by atoms with Gasteiger partial charge in [-0.15, -0.1) is 0 Å². The molecule has 0 heterocycles. The zero-order valence-corrected chi connectivity index (χ0v) is 9.54. The minimum atomic E-state index is 0.608. The molecule has 0 aromatic heterocycles. The summed E-state index contributed by atoms with van der Waals surface area (Å²) >= 11 is 0. The summed E-state index contributed by atoms with van der Waals surface area (Å²) in [5.41, 5.74) is 0. The Kier molecular flexibility index (Phi) is 10.2. The fraction of sp³-hybridized carbons (Fsp3) is 0.571. The Morgan fingerprint density at radius 2 is 1.79 bits per heavy atom. The Morgan fingerprint density at radius 1 is 1.07 bits per heavy atom. The molecule has 0 aromatic rings. The van der Waals surface area contributed by atoms with Crippen LogP contribution in [0.2, 0.25) is 0 Å². The standard InChI is InChI=1S/C14H24/c1-4-7-9-10-11-13-14(6-3)12-8-5-2/h8,11-14H,1-2,4-7,9-10H2,3H3. The van der Waals surface area contributed by atoms with Crippen LogP contribution in [0.25, 0.3) is 0 Å². The molecular formula is C14H24. The Labute approximate surface area is 90.1 Å². The maximum absolute atomic E-state index is 3.83. The van der Waals surface area contributed by atoms with Gasteiger partial charge in [-0.25, -0.2) is 0 Å². The van der Waals surface area contributed by atoms with Crippen molar-refractivity contribution >= 4 is 0 Å². The Hall–Kier alpha value is -0.520. The van der Waals surface area contributed by atoms with Crippen molar-refractivity contribution in [3.8, 4) is 0 Å². The van der Waals surface area contributed by atoms with Gasteiger partial charge in [0.15, 0.2) is 0 Å². The summed E-state index contributed by atoms with van der Waals surface area (Å²) in [6.45, 7) is 9.85. The second-order valence-electron chi connectivity index (χ2n) is 3.57. The quantitative estimate of drug-likeness (QED) is 0.385. The number of hydrogen-bond donors (Lipinski definition) is 0. The Bertz CT molecular complexity index is 153. The van der Waals surface area contributed by atoms with Crippen LogP contribution in [0, 0.1) is 19.8 Å². The summed E-state index contributed by atoms with van der Waals surface area (Å²) in [7, 11) is 0. The van der Waals surface area contributed by atoms with Crippen LogP contribution in [0.1, 0.15) is 45.4 Å². The fourth-order valence-electron chi connectivity index (χ4n) is 1.32. The monoisotopic (exact) mass is 192 g/mol. The topological polar surface area (TPSA) is 0 Å². The molecule has 1 atom stereocenters. The van der Waals surface area contributed by atoms with Gasteiger partial charge in [-0.05, 0) is 38.5 Å². The molecule has 0 bridgehead atoms. The zero-order valence-electron chi connectivity index (χ0n) is 9.54. The van der Waals surface area contributed by atoms with Crippen LogP contribution in [0.4, 0.5) is 0 Å². The second kappa shape index (κ2) is 10.6. The van der Waals surface area contributed by atoms with Gasteiger partial charge in [0.1, 0.15) is 0 Å². The van der Waals surface area contributed by atoms with Crippen molar-refractivity contribution < 1.29 is 0 Å². The first kappa shape index (κ1) is 13.5. The molecule has 0 fully saturated rings. The molecule has 14 heavy (non-hydrogen) atoms. The predicted octanol–water partition coefficient (Wildman–Crippen LogP) is 4.74. The molecule has 0 heteroatoms. The highest BCUT2D eigenvalue weighted by atomic mass is 14.0. The summed E-state index contributed by atoms with van der Waals surface area (Å²) < 4.78 is 0. The van der Waals surface area contributed by atoms with Crippen LogP contribution in [0.3, 0.4) is 0 Å². The highest BCUT2D eigenvalue weighted by molar-refractivity contribution is 5.00. The number of rotatable bonds is 8. The fourth-order valence-corrected chi connectivity index (χ4v) is 1.32. The minimum absolute atomic E-state index is 0.608. The molecular weight excluding hydrogens is 168 g/mol. The van der Waals surface area contributed by atoms with E-state index in [9.17, 15) is 0 Å². The molecule has 0 spiro atoms. The Morgan fingerprint density at radius 3 is 2.36 bits per heavy atom. The third-order valence-corrected chi connectivity index (χ3v) is 2.28. The van der Waals surface area contributed by atoms with Crippen LogP contribution in [0.15, 0.2) is 24.3 Å². The molecule has 2 radical (unpaired) electrons. The van der Waals surface area contributed by atoms with E-state index in [0.717, 1.165) is 12.8 Å². The normalized spacial score (nSPS) is 14.2. The van der Waals surface area contributed by atoms with Gasteiger partial charge in [-0.2, -0.15) is 0 Å². The molecule has 1 unspecified atom stereocenters. The van der Waals surface area contributed by atoms with Crippen LogP contribution in [-0.2, 0) is 0 Å². The van der Waals surface area contributed by atoms with Gasteiger partial charge in [0.2, 0.25) is 0 Å². The lowest BCUT2D eigenvalue weighted by atomic mass is 10.0. The molecule has 0 aliphatic heterocycles. The van der Waals surface area contributed by atoms with E-state index in [1.807, 2.05) is 0 Å². The summed E-state index contributed by atoms with van der Waals surface area (Å²) in [5, 5.41) is 0. The molecule has 0 saturated heterocycles. The van der Waals surface area contributed by atoms with E-state index in [1.165, 1.54) is 25.7 Å². The molecule has 0 rings (SSSR count). The molecule has 0 aromatic carbocycles. The lowest BCUT2D eigenvalue weighted by Crippen LogP contribution is -1.87. The molecule has 0 nitrogen and oxygen atoms in total. The van der Waals surface area contributed by atoms with Crippen molar-refractivity contribution in [1.29, 1.82) is 0 Å². The SMILES string of the molecule is [CH2]CC=CC(C=CCCCC[CH2])CC. The molecule has 0 aliphatic carbocycles. The Balaban J connectivity index is 3.63. The summed E-state index contributed by atoms with van der Waals surface area (Å²) in [6, 6.07) is 0. The van der Waals surface area contributed by atoms with Gasteiger partial charge >= 0.3 is 0 Å². The van der Waals surface area contributed by atoms with E-state index in [-0.39, 0.29) is 0 Å². The van der Waals surface area contributed by atoms with Crippen molar-refractivity contribution in [2.45, 2.75) is 45.4 Å². The highest BCUT2D eigenvalue weighted by Gasteiger charge is 1.93. The highest BCUT2D eigenvalue weighted by Crippen LogP contribution is 2.09. The van der Waals surface area contributed by atoms with Crippen LogP contribution < -0.4 is 0 Å². The average Bonchev–Trinajstić information content (AvgIpc) is 2.22. The minimum Gasteiger partial charge on any atom is -0.0879 e. The van der Waals surface area contributed by atoms with E-state index >= 15 is 0 Å². The van der Waals surface area contributed by atoms with E-state index in [4.69, 9.17) is 0 Å². The third-order valence-electron chi connectivity index (χ3n) is 2.28. The molecule has 0 N–H and O–H groups in total. The lowest BCUT2D eigenvalue weighted by Gasteiger charge is -2.02. The van der Waals surface area contributed by atoms with Gasteiger partial charge in [0, 0.05) is 0 Å². The lowest BCUT2D eigenvalue weighted by molar-refractivity contribution is 0.739. The number of hydrogen-bond acceptors (Lipinski definition) is 0. The van der Waals surface area contributed by atoms with E-state index in [2.05, 4.69) is 45.1 Å². The van der Waals surface area contributed by atoms with Crippen LogP contribution >= 0.6 is 0 Å². The smallest absolute Gasteiger partial charge is 0.00561 e. The summed E-state index contributed by atoms with van der Waals surface area (Å²) in [4.78, 5) is 0. The molecule has 0 saturated carbocycles. The third kappa shape index (κ3) is 8.10. The number of allylic oxidation sites excluding steroid dienone is 4. The first-order chi connectivity index (χ1) is 6.85. The first-order valence-corrected chi connectivity index (χ1v) is 5.77. The molecule has 80 valence electrons. The van der Waals surface area contributed by atoms with E-state index in [0.29, 0.717) is 5.92 Å². The van der Waals surface area contributed by atoms with Gasteiger partial charge in [0.25, 0.3) is 0 Å². The molecule has 0 amide bonds. The van der Waals surface area contributed by atoms with Gasteiger partial charge in [-0.3, -0.25) is 0 Å². The average molecular weight is 192 g/mol. The predicted molar refractivity (Wildman–Crippen MR) is 65.9 cm³/mol. The van der Waals surface area contributed by atoms with Gasteiger partial charge in [-0.1, -0.05) is 51.0 Å².